The molecule has 0 bridgehead atoms. The van der Waals surface area contributed by atoms with E-state index in [4.69, 9.17) is 4.74 Å². The highest BCUT2D eigenvalue weighted by Crippen LogP contribution is 2.34. The summed E-state index contributed by atoms with van der Waals surface area (Å²) in [5, 5.41) is 5.30. The molecule has 0 saturated carbocycles. The van der Waals surface area contributed by atoms with E-state index in [9.17, 15) is 4.79 Å². The Hall–Kier alpha value is -1.79. The molecule has 0 aromatic carbocycles. The third kappa shape index (κ3) is 3.14. The van der Waals surface area contributed by atoms with Crippen molar-refractivity contribution in [2.45, 2.75) is 37.7 Å². The summed E-state index contributed by atoms with van der Waals surface area (Å²) in [6, 6.07) is 4.14. The third-order valence-corrected chi connectivity index (χ3v) is 5.53. The van der Waals surface area contributed by atoms with E-state index in [2.05, 4.69) is 26.7 Å². The molecule has 0 radical (unpaired) electrons. The standard InChI is InChI=1S/C17H19N3O2S/c21-15-8-11(16-4-2-6-23-16)7-14-13(15)10-19-17(20-14)18-9-12-3-1-5-22-12/h2,4,6,10-12H,1,3,5,7-9H2,(H,18,19,20)/t11-,12-/m0/s1. The van der Waals surface area contributed by atoms with Gasteiger partial charge in [-0.15, -0.1) is 11.3 Å². The van der Waals surface area contributed by atoms with Crippen molar-refractivity contribution in [2.75, 3.05) is 18.5 Å². The highest BCUT2D eigenvalue weighted by molar-refractivity contribution is 7.10. The van der Waals surface area contributed by atoms with E-state index in [1.807, 2.05) is 6.07 Å². The first-order chi connectivity index (χ1) is 11.3. The predicted octanol–water partition coefficient (Wildman–Crippen LogP) is 3.04. The van der Waals surface area contributed by atoms with Gasteiger partial charge in [0.15, 0.2) is 5.78 Å². The topological polar surface area (TPSA) is 64.1 Å². The van der Waals surface area contributed by atoms with Crippen LogP contribution in [0.1, 0.15) is 46.1 Å². The van der Waals surface area contributed by atoms with Gasteiger partial charge in [0.2, 0.25) is 5.95 Å². The van der Waals surface area contributed by atoms with Crippen LogP contribution in [0, 0.1) is 0 Å². The van der Waals surface area contributed by atoms with Crippen LogP contribution in [0.4, 0.5) is 5.95 Å². The van der Waals surface area contributed by atoms with Crippen molar-refractivity contribution in [3.8, 4) is 0 Å². The molecule has 2 aromatic heterocycles. The second kappa shape index (κ2) is 6.37. The number of anilines is 1. The van der Waals surface area contributed by atoms with Gasteiger partial charge in [0, 0.05) is 36.6 Å². The predicted molar refractivity (Wildman–Crippen MR) is 89.2 cm³/mol. The van der Waals surface area contributed by atoms with Gasteiger partial charge in [0.05, 0.1) is 17.4 Å². The molecule has 2 aliphatic rings. The Kier molecular flexibility index (Phi) is 4.10. The number of rotatable bonds is 4. The highest BCUT2D eigenvalue weighted by atomic mass is 32.1. The smallest absolute Gasteiger partial charge is 0.222 e. The van der Waals surface area contributed by atoms with E-state index >= 15 is 0 Å². The highest BCUT2D eigenvalue weighted by Gasteiger charge is 2.28. The molecule has 0 amide bonds. The van der Waals surface area contributed by atoms with Crippen LogP contribution in [0.25, 0.3) is 0 Å². The van der Waals surface area contributed by atoms with Gasteiger partial charge in [0.25, 0.3) is 0 Å². The van der Waals surface area contributed by atoms with E-state index in [-0.39, 0.29) is 17.8 Å². The van der Waals surface area contributed by atoms with Crippen molar-refractivity contribution in [3.05, 3.63) is 39.8 Å². The van der Waals surface area contributed by atoms with Gasteiger partial charge in [-0.2, -0.15) is 0 Å². The van der Waals surface area contributed by atoms with E-state index in [0.29, 0.717) is 17.9 Å². The minimum absolute atomic E-state index is 0.148. The molecule has 5 nitrogen and oxygen atoms in total. The third-order valence-electron chi connectivity index (χ3n) is 4.50. The van der Waals surface area contributed by atoms with Gasteiger partial charge in [-0.3, -0.25) is 4.79 Å². The van der Waals surface area contributed by atoms with E-state index < -0.39 is 0 Å². The van der Waals surface area contributed by atoms with Gasteiger partial charge >= 0.3 is 0 Å². The summed E-state index contributed by atoms with van der Waals surface area (Å²) in [4.78, 5) is 22.5. The van der Waals surface area contributed by atoms with Crippen LogP contribution >= 0.6 is 11.3 Å². The zero-order chi connectivity index (χ0) is 15.6. The van der Waals surface area contributed by atoms with Gasteiger partial charge in [-0.05, 0) is 30.7 Å². The number of hydrogen-bond acceptors (Lipinski definition) is 6. The molecule has 4 rings (SSSR count). The van der Waals surface area contributed by atoms with E-state index in [1.54, 1.807) is 17.5 Å². The number of fused-ring (bicyclic) bond motifs is 1. The number of ketones is 1. The van der Waals surface area contributed by atoms with Crippen molar-refractivity contribution < 1.29 is 9.53 Å². The Balaban J connectivity index is 1.50. The fourth-order valence-electron chi connectivity index (χ4n) is 3.27. The number of aromatic nitrogens is 2. The molecule has 3 heterocycles. The molecule has 1 aliphatic heterocycles. The van der Waals surface area contributed by atoms with Gasteiger partial charge < -0.3 is 10.1 Å². The molecule has 0 spiro atoms. The molecule has 0 unspecified atom stereocenters. The number of Topliss-reactive ketones (excluding diaryl/α,β-unsaturated/α-hetero) is 1. The van der Waals surface area contributed by atoms with Gasteiger partial charge in [-0.1, -0.05) is 6.07 Å². The van der Waals surface area contributed by atoms with Crippen LogP contribution in [-0.4, -0.2) is 35.0 Å². The zero-order valence-electron chi connectivity index (χ0n) is 12.8. The Morgan fingerprint density at radius 3 is 3.13 bits per heavy atom. The maximum Gasteiger partial charge on any atom is 0.222 e. The molecule has 120 valence electrons. The van der Waals surface area contributed by atoms with E-state index in [0.717, 1.165) is 38.1 Å². The van der Waals surface area contributed by atoms with Crippen LogP contribution in [0.2, 0.25) is 0 Å². The maximum absolute atomic E-state index is 12.4. The van der Waals surface area contributed by atoms with Crippen molar-refractivity contribution in [3.63, 3.8) is 0 Å². The minimum atomic E-state index is 0.148. The van der Waals surface area contributed by atoms with Crippen LogP contribution in [-0.2, 0) is 11.2 Å². The first kappa shape index (κ1) is 14.8. The minimum Gasteiger partial charge on any atom is -0.376 e. The van der Waals surface area contributed by atoms with Crippen molar-refractivity contribution in [1.29, 1.82) is 0 Å². The van der Waals surface area contributed by atoms with Crippen molar-refractivity contribution >= 4 is 23.1 Å². The SMILES string of the molecule is O=C1C[C@@H](c2cccs2)Cc2nc(NC[C@@H]3CCCO3)ncc21. The van der Waals surface area contributed by atoms with Crippen LogP contribution < -0.4 is 5.32 Å². The number of nitrogens with one attached hydrogen (secondary N) is 1. The normalized spacial score (nSPS) is 23.7. The van der Waals surface area contributed by atoms with Crippen LogP contribution in [0.15, 0.2) is 23.7 Å². The van der Waals surface area contributed by atoms with Gasteiger partial charge in [0.1, 0.15) is 0 Å². The molecular weight excluding hydrogens is 310 g/mol. The summed E-state index contributed by atoms with van der Waals surface area (Å²) < 4.78 is 5.60. The lowest BCUT2D eigenvalue weighted by molar-refractivity contribution is 0.0963. The molecule has 1 saturated heterocycles. The Morgan fingerprint density at radius 1 is 1.39 bits per heavy atom. The second-order valence-corrected chi connectivity index (χ2v) is 7.09. The summed E-state index contributed by atoms with van der Waals surface area (Å²) in [5.74, 6) is 0.991. The number of ether oxygens (including phenoxy) is 1. The molecule has 6 heteroatoms. The summed E-state index contributed by atoms with van der Waals surface area (Å²) in [6.45, 7) is 1.56. The average molecular weight is 329 g/mol. The number of thiophene rings is 1. The Labute approximate surface area is 139 Å². The number of hydrogen-bond donors (Lipinski definition) is 1. The first-order valence-corrected chi connectivity index (χ1v) is 8.95. The average Bonchev–Trinajstić information content (AvgIpc) is 3.26. The molecule has 23 heavy (non-hydrogen) atoms. The van der Waals surface area contributed by atoms with Gasteiger partial charge in [-0.25, -0.2) is 9.97 Å². The fourth-order valence-corrected chi connectivity index (χ4v) is 4.10. The summed E-state index contributed by atoms with van der Waals surface area (Å²) >= 11 is 1.71. The Morgan fingerprint density at radius 2 is 2.35 bits per heavy atom. The lowest BCUT2D eigenvalue weighted by Crippen LogP contribution is -2.23. The molecule has 2 aromatic rings. The molecule has 1 N–H and O–H groups in total. The van der Waals surface area contributed by atoms with Crippen LogP contribution in [0.5, 0.6) is 0 Å². The summed E-state index contributed by atoms with van der Waals surface area (Å²) in [7, 11) is 0. The molecule has 1 fully saturated rings. The summed E-state index contributed by atoms with van der Waals surface area (Å²) in [6.07, 6.45) is 5.48. The molecule has 2 atom stereocenters. The summed E-state index contributed by atoms with van der Waals surface area (Å²) in [5.41, 5.74) is 1.55. The number of carbonyl (C=O) groups excluding carboxylic acids is 1. The largest absolute Gasteiger partial charge is 0.376 e. The maximum atomic E-state index is 12.4. The first-order valence-electron chi connectivity index (χ1n) is 8.07. The number of carbonyl (C=O) groups is 1. The monoisotopic (exact) mass is 329 g/mol. The molecule has 1 aliphatic carbocycles. The zero-order valence-corrected chi connectivity index (χ0v) is 13.6. The Bertz CT molecular complexity index is 696. The number of nitrogens with zero attached hydrogens (tertiary/aromatic N) is 2. The second-order valence-electron chi connectivity index (χ2n) is 6.11. The van der Waals surface area contributed by atoms with Crippen LogP contribution in [0.3, 0.4) is 0 Å². The lowest BCUT2D eigenvalue weighted by Gasteiger charge is -2.22. The molecular formula is C17H19N3O2S. The fraction of sp³-hybridized carbons (Fsp3) is 0.471. The van der Waals surface area contributed by atoms with Crippen molar-refractivity contribution in [1.82, 2.24) is 9.97 Å². The lowest BCUT2D eigenvalue weighted by atomic mass is 9.86. The van der Waals surface area contributed by atoms with E-state index in [1.165, 1.54) is 4.88 Å². The quantitative estimate of drug-likeness (QED) is 0.934. The van der Waals surface area contributed by atoms with Crippen molar-refractivity contribution in [2.24, 2.45) is 0 Å².